The van der Waals surface area contributed by atoms with Crippen molar-refractivity contribution in [3.8, 4) is 0 Å². The largest absolute Gasteiger partial charge is 0.310 e. The van der Waals surface area contributed by atoms with E-state index in [0.717, 1.165) is 26.1 Å². The Bertz CT molecular complexity index is 442. The molecule has 1 aromatic rings. The molecule has 0 radical (unpaired) electrons. The fourth-order valence-corrected chi connectivity index (χ4v) is 2.86. The second kappa shape index (κ2) is 5.49. The van der Waals surface area contributed by atoms with Crippen LogP contribution in [-0.4, -0.2) is 45.9 Å². The van der Waals surface area contributed by atoms with Gasteiger partial charge in [-0.15, -0.1) is 0 Å². The first-order chi connectivity index (χ1) is 9.18. The lowest BCUT2D eigenvalue weighted by Gasteiger charge is -2.49. The smallest absolute Gasteiger partial charge is 0.0522 e. The zero-order chi connectivity index (χ0) is 15.0. The number of nitrogens with one attached hydrogen (secondary N) is 1. The minimum absolute atomic E-state index is 0.226. The van der Waals surface area contributed by atoms with Gasteiger partial charge in [0.25, 0.3) is 0 Å². The number of rotatable bonds is 3. The average molecular weight is 278 g/mol. The van der Waals surface area contributed by atoms with Gasteiger partial charge in [-0.1, -0.05) is 20.8 Å². The lowest BCUT2D eigenvalue weighted by Crippen LogP contribution is -2.65. The van der Waals surface area contributed by atoms with Gasteiger partial charge in [0.05, 0.1) is 6.20 Å². The van der Waals surface area contributed by atoms with E-state index in [1.54, 1.807) is 0 Å². The van der Waals surface area contributed by atoms with Gasteiger partial charge in [0.1, 0.15) is 0 Å². The van der Waals surface area contributed by atoms with Gasteiger partial charge < -0.3 is 5.32 Å². The number of piperazine rings is 1. The molecular formula is C16H30N4. The Morgan fingerprint density at radius 1 is 1.40 bits per heavy atom. The maximum Gasteiger partial charge on any atom is 0.0522 e. The molecule has 0 aliphatic carbocycles. The van der Waals surface area contributed by atoms with Gasteiger partial charge in [-0.3, -0.25) is 9.58 Å². The van der Waals surface area contributed by atoms with Crippen molar-refractivity contribution >= 4 is 0 Å². The highest BCUT2D eigenvalue weighted by atomic mass is 15.3. The van der Waals surface area contributed by atoms with Gasteiger partial charge >= 0.3 is 0 Å². The molecule has 1 aliphatic rings. The van der Waals surface area contributed by atoms with E-state index in [9.17, 15) is 0 Å². The quantitative estimate of drug-likeness (QED) is 0.919. The first-order valence-corrected chi connectivity index (χ1v) is 7.64. The van der Waals surface area contributed by atoms with Gasteiger partial charge in [-0.25, -0.2) is 0 Å². The highest BCUT2D eigenvalue weighted by Gasteiger charge is 2.37. The summed E-state index contributed by atoms with van der Waals surface area (Å²) >= 11 is 0. The monoisotopic (exact) mass is 278 g/mol. The first kappa shape index (κ1) is 15.5. The second-order valence-electron chi connectivity index (χ2n) is 7.83. The van der Waals surface area contributed by atoms with Crippen LogP contribution in [-0.2, 0) is 13.5 Å². The number of hydrogen-bond donors (Lipinski definition) is 1. The van der Waals surface area contributed by atoms with Gasteiger partial charge in [-0.2, -0.15) is 5.10 Å². The maximum atomic E-state index is 4.26. The van der Waals surface area contributed by atoms with E-state index in [1.165, 1.54) is 5.56 Å². The van der Waals surface area contributed by atoms with E-state index in [0.29, 0.717) is 11.5 Å². The third-order valence-corrected chi connectivity index (χ3v) is 4.51. The van der Waals surface area contributed by atoms with Gasteiger partial charge in [0, 0.05) is 44.5 Å². The van der Waals surface area contributed by atoms with Gasteiger partial charge in [0.2, 0.25) is 0 Å². The molecule has 4 nitrogen and oxygen atoms in total. The molecule has 1 aliphatic heterocycles. The molecule has 2 rings (SSSR count). The molecule has 1 atom stereocenters. The van der Waals surface area contributed by atoms with Crippen LogP contribution in [0, 0.1) is 5.41 Å². The van der Waals surface area contributed by atoms with Crippen molar-refractivity contribution in [3.05, 3.63) is 18.0 Å². The summed E-state index contributed by atoms with van der Waals surface area (Å²) in [4.78, 5) is 2.63. The zero-order valence-electron chi connectivity index (χ0n) is 13.9. The molecule has 1 aromatic heterocycles. The van der Waals surface area contributed by atoms with E-state index < -0.39 is 0 Å². The standard InChI is InChI=1S/C16H30N4/c1-15(2,3)14-11-20(16(4,5)12-17-14)8-7-13-9-18-19(6)10-13/h9-10,14,17H,7-8,11-12H2,1-6H3. The summed E-state index contributed by atoms with van der Waals surface area (Å²) in [6, 6.07) is 0.560. The molecule has 1 fully saturated rings. The zero-order valence-corrected chi connectivity index (χ0v) is 13.9. The molecule has 114 valence electrons. The molecule has 2 heterocycles. The van der Waals surface area contributed by atoms with Crippen LogP contribution < -0.4 is 5.32 Å². The number of aromatic nitrogens is 2. The first-order valence-electron chi connectivity index (χ1n) is 7.64. The number of aryl methyl sites for hydroxylation is 1. The Balaban J connectivity index is 1.99. The molecule has 1 unspecified atom stereocenters. The van der Waals surface area contributed by atoms with Crippen LogP contribution >= 0.6 is 0 Å². The van der Waals surface area contributed by atoms with Crippen LogP contribution in [0.5, 0.6) is 0 Å². The van der Waals surface area contributed by atoms with E-state index in [2.05, 4.69) is 56.1 Å². The molecule has 4 heteroatoms. The highest BCUT2D eigenvalue weighted by molar-refractivity contribution is 5.05. The molecule has 1 N–H and O–H groups in total. The van der Waals surface area contributed by atoms with Crippen molar-refractivity contribution in [1.29, 1.82) is 0 Å². The van der Waals surface area contributed by atoms with Crippen LogP contribution in [0.25, 0.3) is 0 Å². The molecule has 0 amide bonds. The Morgan fingerprint density at radius 3 is 2.65 bits per heavy atom. The fraction of sp³-hybridized carbons (Fsp3) is 0.812. The molecular weight excluding hydrogens is 248 g/mol. The minimum atomic E-state index is 0.226. The fourth-order valence-electron chi connectivity index (χ4n) is 2.86. The Hall–Kier alpha value is -0.870. The summed E-state index contributed by atoms with van der Waals surface area (Å²) in [5, 5.41) is 7.98. The number of hydrogen-bond acceptors (Lipinski definition) is 3. The molecule has 0 saturated carbocycles. The van der Waals surface area contributed by atoms with Crippen LogP contribution in [0.1, 0.15) is 40.2 Å². The molecule has 0 bridgehead atoms. The molecule has 1 saturated heterocycles. The summed E-state index contributed by atoms with van der Waals surface area (Å²) in [6.45, 7) is 14.9. The predicted octanol–water partition coefficient (Wildman–Crippen LogP) is 2.06. The topological polar surface area (TPSA) is 33.1 Å². The van der Waals surface area contributed by atoms with E-state index >= 15 is 0 Å². The molecule has 20 heavy (non-hydrogen) atoms. The Morgan fingerprint density at radius 2 is 2.10 bits per heavy atom. The van der Waals surface area contributed by atoms with E-state index in [1.807, 2.05) is 17.9 Å². The van der Waals surface area contributed by atoms with Gasteiger partial charge in [0.15, 0.2) is 0 Å². The van der Waals surface area contributed by atoms with Crippen LogP contribution in [0.2, 0.25) is 0 Å². The molecule has 0 aromatic carbocycles. The lowest BCUT2D eigenvalue weighted by molar-refractivity contribution is 0.0370. The van der Waals surface area contributed by atoms with Crippen molar-refractivity contribution in [3.63, 3.8) is 0 Å². The van der Waals surface area contributed by atoms with E-state index in [-0.39, 0.29) is 5.54 Å². The van der Waals surface area contributed by atoms with Crippen molar-refractivity contribution in [2.45, 2.75) is 52.6 Å². The summed E-state index contributed by atoms with van der Waals surface area (Å²) in [5.74, 6) is 0. The summed E-state index contributed by atoms with van der Waals surface area (Å²) in [5.41, 5.74) is 1.86. The SMILES string of the molecule is Cn1cc(CCN2CC(C(C)(C)C)NCC2(C)C)cn1. The van der Waals surface area contributed by atoms with Crippen LogP contribution in [0.3, 0.4) is 0 Å². The van der Waals surface area contributed by atoms with Crippen molar-refractivity contribution < 1.29 is 0 Å². The van der Waals surface area contributed by atoms with Crippen molar-refractivity contribution in [1.82, 2.24) is 20.0 Å². The van der Waals surface area contributed by atoms with Crippen molar-refractivity contribution in [2.75, 3.05) is 19.6 Å². The molecule has 0 spiro atoms. The maximum absolute atomic E-state index is 4.26. The minimum Gasteiger partial charge on any atom is -0.310 e. The van der Waals surface area contributed by atoms with E-state index in [4.69, 9.17) is 0 Å². The van der Waals surface area contributed by atoms with Crippen molar-refractivity contribution in [2.24, 2.45) is 12.5 Å². The van der Waals surface area contributed by atoms with Crippen LogP contribution in [0.15, 0.2) is 12.4 Å². The highest BCUT2D eigenvalue weighted by Crippen LogP contribution is 2.27. The lowest BCUT2D eigenvalue weighted by atomic mass is 9.82. The summed E-state index contributed by atoms with van der Waals surface area (Å²) < 4.78 is 1.89. The van der Waals surface area contributed by atoms with Crippen LogP contribution in [0.4, 0.5) is 0 Å². The second-order valence-corrected chi connectivity index (χ2v) is 7.83. The Labute approximate surface area is 123 Å². The Kier molecular flexibility index (Phi) is 4.26. The summed E-state index contributed by atoms with van der Waals surface area (Å²) in [7, 11) is 1.98. The average Bonchev–Trinajstić information content (AvgIpc) is 2.71. The number of nitrogens with zero attached hydrogens (tertiary/aromatic N) is 3. The van der Waals surface area contributed by atoms with Gasteiger partial charge in [-0.05, 0) is 31.2 Å². The third-order valence-electron chi connectivity index (χ3n) is 4.51. The third kappa shape index (κ3) is 3.61. The normalized spacial score (nSPS) is 24.0. The summed E-state index contributed by atoms with van der Waals surface area (Å²) in [6.07, 6.45) is 5.18. The predicted molar refractivity (Wildman–Crippen MR) is 83.8 cm³/mol.